The third-order valence-electron chi connectivity index (χ3n) is 1.29. The van der Waals surface area contributed by atoms with Gasteiger partial charge in [0.25, 0.3) is 0 Å². The zero-order valence-corrected chi connectivity index (χ0v) is 7.68. The molecule has 1 N–H and O–H groups in total. The summed E-state index contributed by atoms with van der Waals surface area (Å²) in [6.07, 6.45) is 2.67. The molecule has 0 fully saturated rings. The van der Waals surface area contributed by atoms with Gasteiger partial charge in [-0.1, -0.05) is 27.2 Å². The van der Waals surface area contributed by atoms with E-state index >= 15 is 0 Å². The molecule has 0 aliphatic heterocycles. The Hall–Kier alpha value is -0.530. The van der Waals surface area contributed by atoms with Gasteiger partial charge in [-0.05, 0) is 12.3 Å². The molecule has 0 spiro atoms. The van der Waals surface area contributed by atoms with E-state index in [4.69, 9.17) is 0 Å². The van der Waals surface area contributed by atoms with Crippen molar-refractivity contribution in [1.82, 2.24) is 5.32 Å². The van der Waals surface area contributed by atoms with E-state index in [9.17, 15) is 4.79 Å². The zero-order valence-electron chi connectivity index (χ0n) is 7.68. The van der Waals surface area contributed by atoms with E-state index in [1.807, 2.05) is 20.4 Å². The van der Waals surface area contributed by atoms with Gasteiger partial charge in [0, 0.05) is 13.0 Å². The van der Waals surface area contributed by atoms with Gasteiger partial charge >= 0.3 is 0 Å². The summed E-state index contributed by atoms with van der Waals surface area (Å²) in [5.74, 6) is 0.582. The molecule has 0 aromatic carbocycles. The van der Waals surface area contributed by atoms with Crippen LogP contribution in [0.15, 0.2) is 0 Å². The molecule has 0 unspecified atom stereocenters. The van der Waals surface area contributed by atoms with Gasteiger partial charge in [0.15, 0.2) is 0 Å². The first-order valence-corrected chi connectivity index (χ1v) is 4.27. The Bertz CT molecular complexity index is 110. The lowest BCUT2D eigenvalue weighted by Crippen LogP contribution is -2.21. The number of unbranched alkanes of at least 4 members (excludes halogenated alkanes) is 1. The normalized spacial score (nSPS) is 10.2. The number of hydrogen-bond donors (Lipinski definition) is 1. The summed E-state index contributed by atoms with van der Waals surface area (Å²) in [6.45, 7) is 8.01. The van der Waals surface area contributed by atoms with Gasteiger partial charge in [-0.15, -0.1) is 0 Å². The molecule has 0 bridgehead atoms. The number of carbonyl (C=O) groups excluding carboxylic acids is 1. The summed E-state index contributed by atoms with van der Waals surface area (Å²) in [7, 11) is 0. The molecule has 11 heavy (non-hydrogen) atoms. The smallest absolute Gasteiger partial charge is 0.220 e. The van der Waals surface area contributed by atoms with E-state index in [0.717, 1.165) is 12.8 Å². The average Bonchev–Trinajstić information content (AvgIpc) is 1.86. The predicted octanol–water partition coefficient (Wildman–Crippen LogP) is 2.11. The molecule has 1 amide bonds. The summed E-state index contributed by atoms with van der Waals surface area (Å²) < 4.78 is 0. The van der Waals surface area contributed by atoms with Gasteiger partial charge in [-0.3, -0.25) is 4.79 Å². The molecule has 0 aromatic heterocycles. The quantitative estimate of drug-likeness (QED) is 0.607. The minimum Gasteiger partial charge on any atom is -0.351 e. The first-order chi connectivity index (χ1) is 5.16. The molecule has 0 saturated carbocycles. The lowest BCUT2D eigenvalue weighted by Gasteiger charge is -2.04. The molecule has 0 aliphatic rings. The van der Waals surface area contributed by atoms with Crippen molar-refractivity contribution in [2.24, 2.45) is 5.92 Å². The van der Waals surface area contributed by atoms with E-state index < -0.39 is 0 Å². The highest BCUT2D eigenvalue weighted by Crippen LogP contribution is 1.98. The largest absolute Gasteiger partial charge is 0.351 e. The van der Waals surface area contributed by atoms with E-state index in [1.165, 1.54) is 0 Å². The minimum absolute atomic E-state index is 0.133. The lowest BCUT2D eigenvalue weighted by atomic mass is 10.1. The number of carbonyl (C=O) groups is 1. The molecule has 0 aliphatic carbocycles. The van der Waals surface area contributed by atoms with Crippen LogP contribution in [0.2, 0.25) is 0 Å². The van der Waals surface area contributed by atoms with Crippen LogP contribution >= 0.6 is 0 Å². The van der Waals surface area contributed by atoms with Crippen LogP contribution in [-0.4, -0.2) is 5.91 Å². The fraction of sp³-hybridized carbons (Fsp3) is 0.778. The van der Waals surface area contributed by atoms with Crippen molar-refractivity contribution in [3.05, 3.63) is 6.54 Å². The molecular weight excluding hydrogens is 138 g/mol. The minimum atomic E-state index is 0.133. The molecule has 0 saturated heterocycles. The van der Waals surface area contributed by atoms with Crippen molar-refractivity contribution in [2.45, 2.75) is 40.0 Å². The molecular formula is C9H18NO. The summed E-state index contributed by atoms with van der Waals surface area (Å²) >= 11 is 0. The fourth-order valence-electron chi connectivity index (χ4n) is 0.760. The highest BCUT2D eigenvalue weighted by atomic mass is 16.1. The molecule has 0 aromatic rings. The average molecular weight is 156 g/mol. The van der Waals surface area contributed by atoms with Gasteiger partial charge in [0.2, 0.25) is 5.91 Å². The van der Waals surface area contributed by atoms with Gasteiger partial charge in [0.1, 0.15) is 0 Å². The highest BCUT2D eigenvalue weighted by Gasteiger charge is 2.02. The van der Waals surface area contributed by atoms with Crippen LogP contribution < -0.4 is 5.32 Å². The van der Waals surface area contributed by atoms with Crippen LogP contribution in [0.4, 0.5) is 0 Å². The Kier molecular flexibility index (Phi) is 5.90. The fourth-order valence-corrected chi connectivity index (χ4v) is 0.760. The van der Waals surface area contributed by atoms with Gasteiger partial charge in [0.05, 0.1) is 0 Å². The standard InChI is InChI=1S/C9H18NO/c1-4-5-6-10-9(11)7-8(2)3/h6,8H,4-5,7H2,1-3H3,(H,10,11). The molecule has 0 heterocycles. The maximum absolute atomic E-state index is 11.0. The molecule has 1 radical (unpaired) electrons. The Morgan fingerprint density at radius 3 is 2.64 bits per heavy atom. The van der Waals surface area contributed by atoms with Gasteiger partial charge < -0.3 is 5.32 Å². The van der Waals surface area contributed by atoms with Gasteiger partial charge in [-0.2, -0.15) is 0 Å². The Labute approximate surface area is 69.4 Å². The number of rotatable bonds is 5. The molecule has 2 heteroatoms. The summed E-state index contributed by atoms with van der Waals surface area (Å²) in [5.41, 5.74) is 0. The van der Waals surface area contributed by atoms with Crippen LogP contribution in [0.1, 0.15) is 40.0 Å². The van der Waals surface area contributed by atoms with Crippen LogP contribution in [0.5, 0.6) is 0 Å². The van der Waals surface area contributed by atoms with E-state index in [0.29, 0.717) is 12.3 Å². The second-order valence-corrected chi connectivity index (χ2v) is 3.16. The van der Waals surface area contributed by atoms with Crippen molar-refractivity contribution in [2.75, 3.05) is 0 Å². The monoisotopic (exact) mass is 156 g/mol. The van der Waals surface area contributed by atoms with Crippen LogP contribution in [0.3, 0.4) is 0 Å². The van der Waals surface area contributed by atoms with Gasteiger partial charge in [-0.25, -0.2) is 0 Å². The number of nitrogens with one attached hydrogen (secondary N) is 1. The predicted molar refractivity (Wildman–Crippen MR) is 46.8 cm³/mol. The van der Waals surface area contributed by atoms with Crippen molar-refractivity contribution in [1.29, 1.82) is 0 Å². The van der Waals surface area contributed by atoms with Crippen LogP contribution in [-0.2, 0) is 4.79 Å². The topological polar surface area (TPSA) is 29.1 Å². The molecule has 65 valence electrons. The number of amides is 1. The maximum Gasteiger partial charge on any atom is 0.220 e. The second kappa shape index (κ2) is 6.20. The SMILES string of the molecule is CCC[CH]NC(=O)CC(C)C. The Morgan fingerprint density at radius 2 is 2.18 bits per heavy atom. The van der Waals surface area contributed by atoms with Crippen LogP contribution in [0, 0.1) is 12.5 Å². The lowest BCUT2D eigenvalue weighted by molar-refractivity contribution is -0.121. The second-order valence-electron chi connectivity index (χ2n) is 3.16. The van der Waals surface area contributed by atoms with E-state index in [1.54, 1.807) is 0 Å². The van der Waals surface area contributed by atoms with Crippen molar-refractivity contribution >= 4 is 5.91 Å². The van der Waals surface area contributed by atoms with Crippen LogP contribution in [0.25, 0.3) is 0 Å². The van der Waals surface area contributed by atoms with Crippen molar-refractivity contribution < 1.29 is 4.79 Å². The molecule has 2 nitrogen and oxygen atoms in total. The van der Waals surface area contributed by atoms with Crippen molar-refractivity contribution in [3.8, 4) is 0 Å². The van der Waals surface area contributed by atoms with Crippen molar-refractivity contribution in [3.63, 3.8) is 0 Å². The third kappa shape index (κ3) is 7.37. The Balaban J connectivity index is 3.23. The molecule has 0 rings (SSSR count). The zero-order chi connectivity index (χ0) is 8.69. The number of hydrogen-bond acceptors (Lipinski definition) is 1. The summed E-state index contributed by atoms with van der Waals surface area (Å²) in [4.78, 5) is 11.0. The summed E-state index contributed by atoms with van der Waals surface area (Å²) in [6, 6.07) is 0. The Morgan fingerprint density at radius 1 is 1.55 bits per heavy atom. The third-order valence-corrected chi connectivity index (χ3v) is 1.29. The molecule has 0 atom stereocenters. The highest BCUT2D eigenvalue weighted by molar-refractivity contribution is 5.76. The summed E-state index contributed by atoms with van der Waals surface area (Å²) in [5, 5.41) is 2.75. The van der Waals surface area contributed by atoms with E-state index in [-0.39, 0.29) is 5.91 Å². The first kappa shape index (κ1) is 10.5. The maximum atomic E-state index is 11.0. The first-order valence-electron chi connectivity index (χ1n) is 4.27. The van der Waals surface area contributed by atoms with E-state index in [2.05, 4.69) is 12.2 Å².